The van der Waals surface area contributed by atoms with Crippen LogP contribution in [0, 0.1) is 5.82 Å². The van der Waals surface area contributed by atoms with Crippen LogP contribution in [0.1, 0.15) is 36.7 Å². The third-order valence-electron chi connectivity index (χ3n) is 3.34. The molecular weight excluding hydrogens is 288 g/mol. The lowest BCUT2D eigenvalue weighted by Crippen LogP contribution is -2.18. The summed E-state index contributed by atoms with van der Waals surface area (Å²) in [6.45, 7) is 0.350. The molecule has 1 aromatic heterocycles. The van der Waals surface area contributed by atoms with Crippen molar-refractivity contribution in [1.82, 2.24) is 20.2 Å². The lowest BCUT2D eigenvalue weighted by atomic mass is 9.83. The van der Waals surface area contributed by atoms with Gasteiger partial charge in [-0.3, -0.25) is 0 Å². The molecular formula is C13H19BFN5O2. The Morgan fingerprint density at radius 1 is 1.32 bits per heavy atom. The van der Waals surface area contributed by atoms with Crippen LogP contribution in [0.25, 0.3) is 0 Å². The molecule has 0 aliphatic heterocycles. The van der Waals surface area contributed by atoms with Crippen LogP contribution in [0.5, 0.6) is 0 Å². The zero-order chi connectivity index (χ0) is 15.9. The number of rotatable bonds is 8. The normalized spacial score (nSPS) is 12.4. The summed E-state index contributed by atoms with van der Waals surface area (Å²) in [5, 5.41) is 29.0. The summed E-state index contributed by atoms with van der Waals surface area (Å²) in [4.78, 5) is 0. The van der Waals surface area contributed by atoms with Gasteiger partial charge in [-0.15, -0.1) is 5.10 Å². The summed E-state index contributed by atoms with van der Waals surface area (Å²) < 4.78 is 14.8. The summed E-state index contributed by atoms with van der Waals surface area (Å²) in [6, 6.07) is 5.89. The van der Waals surface area contributed by atoms with Crippen molar-refractivity contribution in [3.05, 3.63) is 41.5 Å². The molecule has 0 bridgehead atoms. The highest BCUT2D eigenvalue weighted by atomic mass is 19.1. The number of benzene rings is 1. The van der Waals surface area contributed by atoms with Crippen molar-refractivity contribution < 1.29 is 14.4 Å². The molecule has 0 amide bonds. The fraction of sp³-hybridized carbons (Fsp3) is 0.462. The van der Waals surface area contributed by atoms with Gasteiger partial charge in [-0.25, -0.2) is 9.07 Å². The van der Waals surface area contributed by atoms with E-state index >= 15 is 0 Å². The van der Waals surface area contributed by atoms with Crippen molar-refractivity contribution in [2.75, 3.05) is 0 Å². The molecule has 7 nitrogen and oxygen atoms in total. The van der Waals surface area contributed by atoms with Gasteiger partial charge in [0.2, 0.25) is 0 Å². The Morgan fingerprint density at radius 3 is 2.86 bits per heavy atom. The van der Waals surface area contributed by atoms with E-state index in [2.05, 4.69) is 15.5 Å². The van der Waals surface area contributed by atoms with E-state index in [0.29, 0.717) is 31.5 Å². The molecule has 0 aliphatic rings. The number of halogens is 1. The molecule has 2 rings (SSSR count). The van der Waals surface area contributed by atoms with E-state index in [1.807, 2.05) is 0 Å². The largest absolute Gasteiger partial charge is 0.451 e. The summed E-state index contributed by atoms with van der Waals surface area (Å²) in [6.07, 6.45) is 2.36. The van der Waals surface area contributed by atoms with Gasteiger partial charge in [0.1, 0.15) is 5.82 Å². The van der Waals surface area contributed by atoms with Crippen LogP contribution in [0.3, 0.4) is 0 Å². The molecule has 1 atom stereocenters. The second kappa shape index (κ2) is 7.97. The third kappa shape index (κ3) is 4.87. The van der Waals surface area contributed by atoms with Gasteiger partial charge in [0.05, 0.1) is 12.6 Å². The second-order valence-electron chi connectivity index (χ2n) is 5.20. The number of nitrogens with two attached hydrogens (primary N) is 1. The van der Waals surface area contributed by atoms with Crippen molar-refractivity contribution in [3.8, 4) is 0 Å². The van der Waals surface area contributed by atoms with E-state index in [1.165, 1.54) is 12.1 Å². The molecule has 2 aromatic rings. The first kappa shape index (κ1) is 16.5. The van der Waals surface area contributed by atoms with Crippen LogP contribution < -0.4 is 5.73 Å². The molecule has 0 aliphatic carbocycles. The number of hydrogen-bond acceptors (Lipinski definition) is 6. The first-order valence-electron chi connectivity index (χ1n) is 7.18. The Hall–Kier alpha value is -1.84. The fourth-order valence-electron chi connectivity index (χ4n) is 2.22. The van der Waals surface area contributed by atoms with Gasteiger partial charge >= 0.3 is 7.12 Å². The van der Waals surface area contributed by atoms with Crippen molar-refractivity contribution in [3.63, 3.8) is 0 Å². The number of hydrogen-bond donors (Lipinski definition) is 3. The second-order valence-corrected chi connectivity index (χ2v) is 5.20. The lowest BCUT2D eigenvalue weighted by Gasteiger charge is -2.11. The van der Waals surface area contributed by atoms with Gasteiger partial charge in [-0.05, 0) is 40.9 Å². The highest BCUT2D eigenvalue weighted by molar-refractivity contribution is 6.40. The van der Waals surface area contributed by atoms with Gasteiger partial charge in [0, 0.05) is 0 Å². The number of unbranched alkanes of at least 4 members (excludes halogenated alkanes) is 1. The minimum Gasteiger partial charge on any atom is -0.427 e. The summed E-state index contributed by atoms with van der Waals surface area (Å²) in [5.74, 6) is 0.229. The minimum absolute atomic E-state index is 0.306. The predicted molar refractivity (Wildman–Crippen MR) is 79.1 cm³/mol. The quantitative estimate of drug-likeness (QED) is 0.484. The molecule has 0 fully saturated rings. The van der Waals surface area contributed by atoms with E-state index in [0.717, 1.165) is 12.0 Å². The van der Waals surface area contributed by atoms with E-state index in [1.54, 1.807) is 16.8 Å². The molecule has 118 valence electrons. The van der Waals surface area contributed by atoms with Gasteiger partial charge in [-0.1, -0.05) is 25.0 Å². The topological polar surface area (TPSA) is 110 Å². The molecule has 0 saturated carbocycles. The first-order valence-corrected chi connectivity index (χ1v) is 7.18. The van der Waals surface area contributed by atoms with Crippen molar-refractivity contribution in [2.24, 2.45) is 5.73 Å². The average Bonchev–Trinajstić information content (AvgIpc) is 2.91. The van der Waals surface area contributed by atoms with E-state index in [9.17, 15) is 4.39 Å². The molecule has 22 heavy (non-hydrogen) atoms. The van der Waals surface area contributed by atoms with E-state index < -0.39 is 7.12 Å². The van der Waals surface area contributed by atoms with Crippen LogP contribution in [-0.2, 0) is 6.54 Å². The summed E-state index contributed by atoms with van der Waals surface area (Å²) in [7, 11) is -1.28. The molecule has 1 aromatic carbocycles. The Bertz CT molecular complexity index is 595. The highest BCUT2D eigenvalue weighted by Gasteiger charge is 2.16. The van der Waals surface area contributed by atoms with E-state index in [-0.39, 0.29) is 11.9 Å². The smallest absolute Gasteiger partial charge is 0.427 e. The number of aromatic nitrogens is 4. The monoisotopic (exact) mass is 307 g/mol. The third-order valence-corrected chi connectivity index (χ3v) is 3.34. The summed E-state index contributed by atoms with van der Waals surface area (Å²) >= 11 is 0. The molecule has 1 unspecified atom stereocenters. The predicted octanol–water partition coefficient (Wildman–Crippen LogP) is 0.503. The Morgan fingerprint density at radius 2 is 2.14 bits per heavy atom. The highest BCUT2D eigenvalue weighted by Crippen LogP contribution is 2.16. The van der Waals surface area contributed by atoms with Gasteiger partial charge in [0.15, 0.2) is 5.82 Å². The molecule has 4 N–H and O–H groups in total. The zero-order valence-corrected chi connectivity index (χ0v) is 12.1. The van der Waals surface area contributed by atoms with Gasteiger partial charge in [0.25, 0.3) is 0 Å². The minimum atomic E-state index is -1.28. The van der Waals surface area contributed by atoms with Gasteiger partial charge in [-0.2, -0.15) is 0 Å². The molecule has 9 heteroatoms. The SMILES string of the molecule is NC(CCCCB(O)O)c1nnnn1Cc1cccc(F)c1. The van der Waals surface area contributed by atoms with Crippen molar-refractivity contribution in [2.45, 2.75) is 38.2 Å². The Kier molecular flexibility index (Phi) is 5.99. The van der Waals surface area contributed by atoms with Crippen LogP contribution in [0.2, 0.25) is 6.32 Å². The maximum Gasteiger partial charge on any atom is 0.451 e. The standard InChI is InChI=1S/C13H19BFN5O2/c15-11-5-3-4-10(8-11)9-20-13(17-18-19-20)12(16)6-1-2-7-14(21)22/h3-5,8,12,21-22H,1-2,6-7,9,16H2. The molecule has 0 saturated heterocycles. The molecule has 0 spiro atoms. The maximum atomic E-state index is 13.2. The van der Waals surface area contributed by atoms with Crippen LogP contribution in [-0.4, -0.2) is 37.4 Å². The number of nitrogens with zero attached hydrogens (tertiary/aromatic N) is 4. The van der Waals surface area contributed by atoms with Crippen LogP contribution in [0.4, 0.5) is 4.39 Å². The number of tetrazole rings is 1. The maximum absolute atomic E-state index is 13.2. The Balaban J connectivity index is 1.93. The lowest BCUT2D eigenvalue weighted by molar-refractivity contribution is 0.400. The summed E-state index contributed by atoms with van der Waals surface area (Å²) in [5.41, 5.74) is 6.83. The van der Waals surface area contributed by atoms with Crippen molar-refractivity contribution >= 4 is 7.12 Å². The van der Waals surface area contributed by atoms with Crippen molar-refractivity contribution in [1.29, 1.82) is 0 Å². The Labute approximate surface area is 128 Å². The van der Waals surface area contributed by atoms with Crippen LogP contribution >= 0.6 is 0 Å². The van der Waals surface area contributed by atoms with E-state index in [4.69, 9.17) is 15.8 Å². The first-order chi connectivity index (χ1) is 10.6. The fourth-order valence-corrected chi connectivity index (χ4v) is 2.22. The van der Waals surface area contributed by atoms with Gasteiger partial charge < -0.3 is 15.8 Å². The molecule has 1 heterocycles. The average molecular weight is 307 g/mol. The molecule has 0 radical (unpaired) electrons. The van der Waals surface area contributed by atoms with Crippen LogP contribution in [0.15, 0.2) is 24.3 Å². The zero-order valence-electron chi connectivity index (χ0n) is 12.1.